The second-order valence-electron chi connectivity index (χ2n) is 5.93. The molecule has 1 amide bonds. The van der Waals surface area contributed by atoms with Crippen LogP contribution in [0, 0.1) is 6.92 Å². The maximum atomic E-state index is 12.6. The fraction of sp³-hybridized carbons (Fsp3) is 0.278. The molecule has 0 spiro atoms. The van der Waals surface area contributed by atoms with Crippen LogP contribution in [0.1, 0.15) is 27.0 Å². The number of aryl methyl sites for hydroxylation is 1. The Morgan fingerprint density at radius 2 is 1.71 bits per heavy atom. The Balaban J connectivity index is 2.20. The van der Waals surface area contributed by atoms with E-state index in [-0.39, 0.29) is 5.56 Å². The topological polar surface area (TPSA) is 32.3 Å². The number of amides is 1. The number of hydrogen-bond donors (Lipinski definition) is 1. The summed E-state index contributed by atoms with van der Waals surface area (Å²) >= 11 is 0. The minimum atomic E-state index is -4.41. The van der Waals surface area contributed by atoms with Crippen molar-refractivity contribution in [3.05, 3.63) is 64.7 Å². The maximum Gasteiger partial charge on any atom is 0.416 e. The van der Waals surface area contributed by atoms with Gasteiger partial charge in [-0.1, -0.05) is 17.7 Å². The average Bonchev–Trinajstić information content (AvgIpc) is 2.48. The number of nitrogens with zero attached hydrogens (tertiary/aromatic N) is 1. The van der Waals surface area contributed by atoms with Gasteiger partial charge in [0, 0.05) is 17.8 Å². The maximum absolute atomic E-state index is 12.6. The molecule has 24 heavy (non-hydrogen) atoms. The average molecular weight is 336 g/mol. The van der Waals surface area contributed by atoms with Gasteiger partial charge < -0.3 is 10.2 Å². The molecule has 0 aliphatic carbocycles. The third-order valence-electron chi connectivity index (χ3n) is 3.47. The number of benzene rings is 2. The Hall–Kier alpha value is -2.34. The van der Waals surface area contributed by atoms with Crippen LogP contribution in [0.15, 0.2) is 42.5 Å². The summed E-state index contributed by atoms with van der Waals surface area (Å²) in [5.41, 5.74) is 2.07. The summed E-state index contributed by atoms with van der Waals surface area (Å²) < 4.78 is 37.7. The highest BCUT2D eigenvalue weighted by Gasteiger charge is 2.30. The fourth-order valence-electron chi connectivity index (χ4n) is 2.32. The van der Waals surface area contributed by atoms with Crippen molar-refractivity contribution in [3.8, 4) is 0 Å². The van der Waals surface area contributed by atoms with Crippen LogP contribution >= 0.6 is 0 Å². The largest absolute Gasteiger partial charge is 0.416 e. The number of carbonyl (C=O) groups excluding carboxylic acids is 1. The van der Waals surface area contributed by atoms with Gasteiger partial charge in [0.2, 0.25) is 0 Å². The molecule has 1 N–H and O–H groups in total. The molecular formula is C18H19F3N2O. The van der Waals surface area contributed by atoms with Crippen LogP contribution in [0.25, 0.3) is 0 Å². The lowest BCUT2D eigenvalue weighted by molar-refractivity contribution is -0.137. The molecule has 0 fully saturated rings. The monoisotopic (exact) mass is 336 g/mol. The van der Waals surface area contributed by atoms with Gasteiger partial charge >= 0.3 is 6.18 Å². The molecule has 0 saturated heterocycles. The summed E-state index contributed by atoms with van der Waals surface area (Å²) in [6.45, 7) is 2.60. The van der Waals surface area contributed by atoms with E-state index < -0.39 is 17.6 Å². The van der Waals surface area contributed by atoms with Gasteiger partial charge in [0.25, 0.3) is 5.91 Å². The summed E-state index contributed by atoms with van der Waals surface area (Å²) in [5, 5.41) is 2.77. The molecule has 0 atom stereocenters. The van der Waals surface area contributed by atoms with Gasteiger partial charge in [0.05, 0.1) is 5.56 Å². The van der Waals surface area contributed by atoms with E-state index in [1.807, 2.05) is 38.1 Å². The predicted molar refractivity (Wildman–Crippen MR) is 88.0 cm³/mol. The summed E-state index contributed by atoms with van der Waals surface area (Å²) in [4.78, 5) is 14.3. The quantitative estimate of drug-likeness (QED) is 0.901. The lowest BCUT2D eigenvalue weighted by Crippen LogP contribution is -2.17. The number of nitrogens with one attached hydrogen (secondary N) is 1. The smallest absolute Gasteiger partial charge is 0.322 e. The van der Waals surface area contributed by atoms with E-state index in [1.165, 1.54) is 12.1 Å². The van der Waals surface area contributed by atoms with Crippen LogP contribution in [-0.4, -0.2) is 24.9 Å². The van der Waals surface area contributed by atoms with E-state index in [2.05, 4.69) is 5.32 Å². The van der Waals surface area contributed by atoms with Crippen LogP contribution < -0.4 is 5.32 Å². The molecule has 2 aromatic carbocycles. The molecule has 0 heterocycles. The van der Waals surface area contributed by atoms with Crippen molar-refractivity contribution in [1.29, 1.82) is 0 Å². The molecular weight excluding hydrogens is 317 g/mol. The van der Waals surface area contributed by atoms with E-state index in [0.29, 0.717) is 12.2 Å². The second kappa shape index (κ2) is 7.05. The molecule has 0 radical (unpaired) electrons. The Bertz CT molecular complexity index is 722. The van der Waals surface area contributed by atoms with Crippen molar-refractivity contribution in [3.63, 3.8) is 0 Å². The number of anilines is 1. The molecule has 0 bridgehead atoms. The van der Waals surface area contributed by atoms with Gasteiger partial charge in [0.15, 0.2) is 0 Å². The van der Waals surface area contributed by atoms with Gasteiger partial charge in [-0.25, -0.2) is 0 Å². The molecule has 0 aliphatic heterocycles. The summed E-state index contributed by atoms with van der Waals surface area (Å²) in [6.07, 6.45) is -4.41. The molecule has 2 rings (SSSR count). The van der Waals surface area contributed by atoms with E-state index >= 15 is 0 Å². The van der Waals surface area contributed by atoms with E-state index in [1.54, 1.807) is 6.07 Å². The predicted octanol–water partition coefficient (Wildman–Crippen LogP) is 4.33. The third kappa shape index (κ3) is 4.58. The fourth-order valence-corrected chi connectivity index (χ4v) is 2.32. The van der Waals surface area contributed by atoms with Crippen molar-refractivity contribution >= 4 is 11.6 Å². The summed E-state index contributed by atoms with van der Waals surface area (Å²) in [5.74, 6) is -0.437. The molecule has 2 aromatic rings. The Morgan fingerprint density at radius 1 is 1.08 bits per heavy atom. The first-order valence-corrected chi connectivity index (χ1v) is 7.39. The zero-order valence-electron chi connectivity index (χ0n) is 13.7. The summed E-state index contributed by atoms with van der Waals surface area (Å²) in [6, 6.07) is 9.82. The highest BCUT2D eigenvalue weighted by atomic mass is 19.4. The molecule has 0 aromatic heterocycles. The minimum absolute atomic E-state index is 0.180. The zero-order valence-corrected chi connectivity index (χ0v) is 13.7. The molecule has 0 unspecified atom stereocenters. The molecule has 0 saturated carbocycles. The SMILES string of the molecule is Cc1ccc(NC(=O)c2ccc(C(F)(F)F)cc2)c(CN(C)C)c1. The summed E-state index contributed by atoms with van der Waals surface area (Å²) in [7, 11) is 3.84. The number of rotatable bonds is 4. The lowest BCUT2D eigenvalue weighted by Gasteiger charge is -2.16. The Labute approximate surface area is 139 Å². The zero-order chi connectivity index (χ0) is 17.9. The molecule has 3 nitrogen and oxygen atoms in total. The van der Waals surface area contributed by atoms with Crippen molar-refractivity contribution in [1.82, 2.24) is 4.90 Å². The van der Waals surface area contributed by atoms with E-state index in [9.17, 15) is 18.0 Å². The Morgan fingerprint density at radius 3 is 2.25 bits per heavy atom. The highest BCUT2D eigenvalue weighted by molar-refractivity contribution is 6.04. The highest BCUT2D eigenvalue weighted by Crippen LogP contribution is 2.29. The van der Waals surface area contributed by atoms with Crippen molar-refractivity contribution in [2.75, 3.05) is 19.4 Å². The van der Waals surface area contributed by atoms with E-state index in [0.717, 1.165) is 23.3 Å². The normalized spacial score (nSPS) is 11.6. The first-order chi connectivity index (χ1) is 11.2. The second-order valence-corrected chi connectivity index (χ2v) is 5.93. The van der Waals surface area contributed by atoms with E-state index in [4.69, 9.17) is 0 Å². The standard InChI is InChI=1S/C18H19F3N2O/c1-12-4-9-16(14(10-12)11-23(2)3)22-17(24)13-5-7-15(8-6-13)18(19,20)21/h4-10H,11H2,1-3H3,(H,22,24). The van der Waals surface area contributed by atoms with Crippen molar-refractivity contribution in [2.45, 2.75) is 19.6 Å². The van der Waals surface area contributed by atoms with Gasteiger partial charge in [-0.05, 0) is 56.9 Å². The van der Waals surface area contributed by atoms with Gasteiger partial charge in [-0.3, -0.25) is 4.79 Å². The molecule has 6 heteroatoms. The minimum Gasteiger partial charge on any atom is -0.322 e. The molecule has 128 valence electrons. The number of halogens is 3. The lowest BCUT2D eigenvalue weighted by atomic mass is 10.1. The van der Waals surface area contributed by atoms with Crippen LogP contribution in [0.3, 0.4) is 0 Å². The Kier molecular flexibility index (Phi) is 5.29. The van der Waals surface area contributed by atoms with Crippen LogP contribution in [0.5, 0.6) is 0 Å². The van der Waals surface area contributed by atoms with Crippen LogP contribution in [-0.2, 0) is 12.7 Å². The van der Waals surface area contributed by atoms with Crippen molar-refractivity contribution in [2.24, 2.45) is 0 Å². The number of hydrogen-bond acceptors (Lipinski definition) is 2. The first kappa shape index (κ1) is 18.0. The van der Waals surface area contributed by atoms with Gasteiger partial charge in [-0.15, -0.1) is 0 Å². The van der Waals surface area contributed by atoms with Gasteiger partial charge in [-0.2, -0.15) is 13.2 Å². The third-order valence-corrected chi connectivity index (χ3v) is 3.47. The molecule has 0 aliphatic rings. The van der Waals surface area contributed by atoms with Gasteiger partial charge in [0.1, 0.15) is 0 Å². The van der Waals surface area contributed by atoms with Crippen molar-refractivity contribution < 1.29 is 18.0 Å². The first-order valence-electron chi connectivity index (χ1n) is 7.39. The number of carbonyl (C=O) groups is 1. The van der Waals surface area contributed by atoms with Crippen LogP contribution in [0.4, 0.5) is 18.9 Å². The van der Waals surface area contributed by atoms with Crippen LogP contribution in [0.2, 0.25) is 0 Å². The number of alkyl halides is 3.